The summed E-state index contributed by atoms with van der Waals surface area (Å²) in [5.74, 6) is 0. The number of hydrogen-bond acceptors (Lipinski definition) is 2. The molecule has 0 spiro atoms. The zero-order chi connectivity index (χ0) is 15.4. The Labute approximate surface area is 138 Å². The molecule has 0 aliphatic carbocycles. The minimum atomic E-state index is -4.67. The average molecular weight is 324 g/mol. The van der Waals surface area contributed by atoms with Gasteiger partial charge in [0.25, 0.3) is 0 Å². The van der Waals surface area contributed by atoms with E-state index in [4.69, 9.17) is 17.5 Å². The fraction of sp³-hybridized carbons (Fsp3) is 1.00. The van der Waals surface area contributed by atoms with Crippen molar-refractivity contribution in [3.8, 4) is 0 Å². The fourth-order valence-corrected chi connectivity index (χ4v) is 8.68. The van der Waals surface area contributed by atoms with E-state index in [2.05, 4.69) is 27.7 Å². The summed E-state index contributed by atoms with van der Waals surface area (Å²) in [6.07, 6.45) is 13.6. The van der Waals surface area contributed by atoms with Crippen LogP contribution in [0.1, 0.15) is 59.8 Å². The van der Waals surface area contributed by atoms with Crippen molar-refractivity contribution in [2.24, 2.45) is 0 Å². The van der Waals surface area contributed by atoms with E-state index >= 15 is 0 Å². The van der Waals surface area contributed by atoms with Crippen LogP contribution in [0.3, 0.4) is 0 Å². The van der Waals surface area contributed by atoms with Crippen molar-refractivity contribution in [3.05, 3.63) is 0 Å². The first-order valence-electron chi connectivity index (χ1n) is 7.44. The number of hydrogen-bond donors (Lipinski definition) is 2. The Morgan fingerprint density at radius 3 is 1.25 bits per heavy atom. The van der Waals surface area contributed by atoms with Gasteiger partial charge in [-0.1, -0.05) is 0 Å². The fourth-order valence-electron chi connectivity index (χ4n) is 2.89. The van der Waals surface area contributed by atoms with Gasteiger partial charge >= 0.3 is 121 Å². The first-order valence-corrected chi connectivity index (χ1v) is 11.7. The molecule has 0 saturated carbocycles. The molecule has 0 heterocycles. The van der Waals surface area contributed by atoms with Gasteiger partial charge in [0.05, 0.1) is 0 Å². The Morgan fingerprint density at radius 2 is 1.05 bits per heavy atom. The molecular weight excluding hydrogens is 290 g/mol. The van der Waals surface area contributed by atoms with Crippen molar-refractivity contribution < 1.29 is 17.5 Å². The van der Waals surface area contributed by atoms with Crippen LogP contribution in [-0.4, -0.2) is 61.0 Å². The van der Waals surface area contributed by atoms with Gasteiger partial charge in [0.15, 0.2) is 0 Å². The molecule has 2 N–H and O–H groups in total. The third-order valence-corrected chi connectivity index (χ3v) is 9.50. The second-order valence-electron chi connectivity index (χ2n) is 5.30. The van der Waals surface area contributed by atoms with Gasteiger partial charge in [-0.15, -0.1) is 0 Å². The SMILES string of the molecule is CCCC[PH](CCC)(CCC)CCC.O=S(=O)(O)O.[LiH]. The number of unbranched alkanes of at least 4 members (excludes halogenated alkanes) is 1. The summed E-state index contributed by atoms with van der Waals surface area (Å²) < 4.78 is 31.6. The van der Waals surface area contributed by atoms with Crippen LogP contribution in [0.5, 0.6) is 0 Å². The maximum absolute atomic E-state index is 8.74. The maximum atomic E-state index is 8.74. The standard InChI is InChI=1S/C13H31P.Li.H2O4S.H/c1-5-9-13-14(10-6-2,11-7-3)12-8-4;;1-5(2,3)4;/h14H,5-13H2,1-4H3;;(H2,1,2,3,4);. The Morgan fingerprint density at radius 1 is 0.750 bits per heavy atom. The van der Waals surface area contributed by atoms with Gasteiger partial charge in [0.2, 0.25) is 0 Å². The molecule has 0 aromatic carbocycles. The number of rotatable bonds is 9. The van der Waals surface area contributed by atoms with Crippen LogP contribution >= 0.6 is 7.26 Å². The molecule has 0 saturated heterocycles. The molecule has 20 heavy (non-hydrogen) atoms. The topological polar surface area (TPSA) is 74.6 Å². The summed E-state index contributed by atoms with van der Waals surface area (Å²) in [6.45, 7) is 9.46. The van der Waals surface area contributed by atoms with Gasteiger partial charge < -0.3 is 0 Å². The Bertz CT molecular complexity index is 272. The molecule has 0 fully saturated rings. The zero-order valence-electron chi connectivity index (χ0n) is 13.0. The molecule has 0 atom stereocenters. The van der Waals surface area contributed by atoms with Crippen molar-refractivity contribution in [1.29, 1.82) is 0 Å². The summed E-state index contributed by atoms with van der Waals surface area (Å²) in [6, 6.07) is 0. The Kier molecular flexibility index (Phi) is 19.1. The third kappa shape index (κ3) is 18.9. The van der Waals surface area contributed by atoms with Crippen molar-refractivity contribution in [2.75, 3.05) is 24.6 Å². The van der Waals surface area contributed by atoms with Gasteiger partial charge in [-0.3, -0.25) is 9.11 Å². The zero-order valence-corrected chi connectivity index (χ0v) is 14.8. The summed E-state index contributed by atoms with van der Waals surface area (Å²) in [5, 5.41) is 0. The minimum absolute atomic E-state index is 0. The molecular formula is C13H34LiO4PS. The van der Waals surface area contributed by atoms with E-state index in [0.717, 1.165) is 0 Å². The van der Waals surface area contributed by atoms with E-state index in [1.165, 1.54) is 32.1 Å². The molecule has 0 aromatic heterocycles. The molecule has 7 heteroatoms. The van der Waals surface area contributed by atoms with Crippen LogP contribution in [0.15, 0.2) is 0 Å². The van der Waals surface area contributed by atoms with E-state index in [-0.39, 0.29) is 18.9 Å². The Hall–Kier alpha value is 0.897. The molecule has 0 aromatic rings. The second-order valence-corrected chi connectivity index (χ2v) is 11.2. The summed E-state index contributed by atoms with van der Waals surface area (Å²) in [4.78, 5) is 0. The molecule has 0 aliphatic heterocycles. The van der Waals surface area contributed by atoms with Crippen molar-refractivity contribution in [2.45, 2.75) is 59.8 Å². The first-order chi connectivity index (χ1) is 8.74. The van der Waals surface area contributed by atoms with Crippen molar-refractivity contribution in [3.63, 3.8) is 0 Å². The van der Waals surface area contributed by atoms with E-state index in [1.807, 2.05) is 0 Å². The van der Waals surface area contributed by atoms with Gasteiger partial charge in [-0.25, -0.2) is 0 Å². The monoisotopic (exact) mass is 324 g/mol. The van der Waals surface area contributed by atoms with Crippen LogP contribution in [0, 0.1) is 0 Å². The quantitative estimate of drug-likeness (QED) is 0.387. The van der Waals surface area contributed by atoms with E-state index in [1.54, 1.807) is 24.6 Å². The average Bonchev–Trinajstić information content (AvgIpc) is 2.25. The molecule has 122 valence electrons. The predicted octanol–water partition coefficient (Wildman–Crippen LogP) is 3.47. The van der Waals surface area contributed by atoms with E-state index in [0.29, 0.717) is 0 Å². The van der Waals surface area contributed by atoms with Crippen LogP contribution < -0.4 is 0 Å². The summed E-state index contributed by atoms with van der Waals surface area (Å²) in [5.41, 5.74) is 0. The van der Waals surface area contributed by atoms with Gasteiger partial charge in [0.1, 0.15) is 0 Å². The molecule has 0 aliphatic rings. The summed E-state index contributed by atoms with van der Waals surface area (Å²) >= 11 is 0. The van der Waals surface area contributed by atoms with Gasteiger partial charge in [-0.2, -0.15) is 8.42 Å². The van der Waals surface area contributed by atoms with Crippen LogP contribution in [-0.2, 0) is 10.4 Å². The molecule has 0 radical (unpaired) electrons. The molecule has 0 rings (SSSR count). The van der Waals surface area contributed by atoms with Gasteiger partial charge in [-0.05, 0) is 0 Å². The summed E-state index contributed by atoms with van der Waals surface area (Å²) in [7, 11) is -5.48. The molecule has 0 bridgehead atoms. The third-order valence-electron chi connectivity index (χ3n) is 3.40. The van der Waals surface area contributed by atoms with Crippen LogP contribution in [0.4, 0.5) is 0 Å². The molecule has 0 unspecified atom stereocenters. The normalized spacial score (nSPS) is 12.1. The van der Waals surface area contributed by atoms with Crippen molar-refractivity contribution in [1.82, 2.24) is 0 Å². The first kappa shape index (κ1) is 25.8. The predicted molar refractivity (Wildman–Crippen MR) is 94.9 cm³/mol. The molecule has 0 amide bonds. The van der Waals surface area contributed by atoms with Crippen LogP contribution in [0.25, 0.3) is 0 Å². The van der Waals surface area contributed by atoms with E-state index < -0.39 is 17.7 Å². The second kappa shape index (κ2) is 14.8. The molecule has 4 nitrogen and oxygen atoms in total. The van der Waals surface area contributed by atoms with E-state index in [9.17, 15) is 0 Å². The van der Waals surface area contributed by atoms with Crippen LogP contribution in [0.2, 0.25) is 0 Å². The Balaban J connectivity index is -0.000000414. The van der Waals surface area contributed by atoms with Crippen molar-refractivity contribution >= 4 is 36.5 Å². The van der Waals surface area contributed by atoms with Gasteiger partial charge in [0, 0.05) is 0 Å².